The molecule has 1 aromatic carbocycles. The minimum atomic E-state index is -0.00724. The molecule has 0 aliphatic rings. The number of rotatable bonds is 2. The number of aliphatic hydroxyl groups is 1. The van der Waals surface area contributed by atoms with Crippen molar-refractivity contribution in [2.75, 3.05) is 0 Å². The van der Waals surface area contributed by atoms with Gasteiger partial charge in [-0.15, -0.1) is 0 Å². The Morgan fingerprint density at radius 1 is 1.40 bits per heavy atom. The Morgan fingerprint density at radius 2 is 2.13 bits per heavy atom. The zero-order valence-electron chi connectivity index (χ0n) is 8.31. The van der Waals surface area contributed by atoms with Gasteiger partial charge in [-0.2, -0.15) is 5.10 Å². The first kappa shape index (κ1) is 10.2. The summed E-state index contributed by atoms with van der Waals surface area (Å²) < 4.78 is 1.68. The Balaban J connectivity index is 2.53. The van der Waals surface area contributed by atoms with Crippen LogP contribution in [0.4, 0.5) is 0 Å². The van der Waals surface area contributed by atoms with Crippen molar-refractivity contribution < 1.29 is 5.11 Å². The third-order valence-corrected chi connectivity index (χ3v) is 2.62. The standard InChI is InChI=1S/C11H11ClN2O/c1-8-10(12)6-14(13-8)11-5-3-2-4-9(11)7-15/h2-6,15H,7H2,1H3. The molecule has 0 unspecified atom stereocenters. The Kier molecular flexibility index (Phi) is 2.75. The number of hydrogen-bond acceptors (Lipinski definition) is 2. The van der Waals surface area contributed by atoms with Crippen LogP contribution in [0.15, 0.2) is 30.5 Å². The molecule has 15 heavy (non-hydrogen) atoms. The molecule has 78 valence electrons. The monoisotopic (exact) mass is 222 g/mol. The summed E-state index contributed by atoms with van der Waals surface area (Å²) in [6, 6.07) is 7.54. The molecule has 0 aliphatic carbocycles. The molecular formula is C11H11ClN2O. The van der Waals surface area contributed by atoms with Crippen molar-refractivity contribution in [2.24, 2.45) is 0 Å². The van der Waals surface area contributed by atoms with Gasteiger partial charge in [-0.05, 0) is 13.0 Å². The van der Waals surface area contributed by atoms with E-state index in [4.69, 9.17) is 11.6 Å². The van der Waals surface area contributed by atoms with Gasteiger partial charge in [-0.3, -0.25) is 0 Å². The lowest BCUT2D eigenvalue weighted by molar-refractivity contribution is 0.281. The molecular weight excluding hydrogens is 212 g/mol. The summed E-state index contributed by atoms with van der Waals surface area (Å²) in [5, 5.41) is 14.1. The molecule has 0 saturated carbocycles. The van der Waals surface area contributed by atoms with E-state index in [2.05, 4.69) is 5.10 Å². The van der Waals surface area contributed by atoms with Gasteiger partial charge in [0.05, 0.1) is 23.0 Å². The molecule has 0 atom stereocenters. The molecule has 0 aliphatic heterocycles. The van der Waals surface area contributed by atoms with E-state index in [0.717, 1.165) is 16.9 Å². The lowest BCUT2D eigenvalue weighted by Gasteiger charge is -2.06. The second-order valence-corrected chi connectivity index (χ2v) is 3.70. The minimum absolute atomic E-state index is 0.00724. The average molecular weight is 223 g/mol. The van der Waals surface area contributed by atoms with E-state index < -0.39 is 0 Å². The molecule has 0 radical (unpaired) electrons. The van der Waals surface area contributed by atoms with Gasteiger partial charge in [0.1, 0.15) is 0 Å². The van der Waals surface area contributed by atoms with Crippen LogP contribution in [0.5, 0.6) is 0 Å². The number of nitrogens with zero attached hydrogens (tertiary/aromatic N) is 2. The summed E-state index contributed by atoms with van der Waals surface area (Å²) >= 11 is 5.93. The predicted molar refractivity (Wildman–Crippen MR) is 59.2 cm³/mol. The van der Waals surface area contributed by atoms with Gasteiger partial charge in [0.25, 0.3) is 0 Å². The maximum absolute atomic E-state index is 9.18. The number of hydrogen-bond donors (Lipinski definition) is 1. The van der Waals surface area contributed by atoms with Crippen molar-refractivity contribution in [2.45, 2.75) is 13.5 Å². The predicted octanol–water partition coefficient (Wildman–Crippen LogP) is 2.33. The fourth-order valence-corrected chi connectivity index (χ4v) is 1.56. The summed E-state index contributed by atoms with van der Waals surface area (Å²) in [5.74, 6) is 0. The van der Waals surface area contributed by atoms with Gasteiger partial charge >= 0.3 is 0 Å². The minimum Gasteiger partial charge on any atom is -0.392 e. The van der Waals surface area contributed by atoms with Crippen LogP contribution in [0, 0.1) is 6.92 Å². The Hall–Kier alpha value is -1.32. The Labute approximate surface area is 92.9 Å². The van der Waals surface area contributed by atoms with Gasteiger partial charge in [0.15, 0.2) is 0 Å². The van der Waals surface area contributed by atoms with E-state index in [1.807, 2.05) is 31.2 Å². The molecule has 1 heterocycles. The molecule has 4 heteroatoms. The van der Waals surface area contributed by atoms with Crippen LogP contribution < -0.4 is 0 Å². The first-order valence-electron chi connectivity index (χ1n) is 4.63. The molecule has 0 spiro atoms. The first-order chi connectivity index (χ1) is 7.22. The molecule has 1 N–H and O–H groups in total. The van der Waals surface area contributed by atoms with Gasteiger partial charge < -0.3 is 5.11 Å². The highest BCUT2D eigenvalue weighted by atomic mass is 35.5. The van der Waals surface area contributed by atoms with E-state index in [1.165, 1.54) is 0 Å². The number of aromatic nitrogens is 2. The van der Waals surface area contributed by atoms with Gasteiger partial charge in [-0.25, -0.2) is 4.68 Å². The van der Waals surface area contributed by atoms with E-state index in [-0.39, 0.29) is 6.61 Å². The summed E-state index contributed by atoms with van der Waals surface area (Å²) in [4.78, 5) is 0. The Bertz CT molecular complexity index is 460. The SMILES string of the molecule is Cc1nn(-c2ccccc2CO)cc1Cl. The number of aryl methyl sites for hydroxylation is 1. The van der Waals surface area contributed by atoms with E-state index in [0.29, 0.717) is 5.02 Å². The lowest BCUT2D eigenvalue weighted by Crippen LogP contribution is -2.00. The normalized spacial score (nSPS) is 10.6. The molecule has 1 aromatic heterocycles. The molecule has 0 bridgehead atoms. The number of benzene rings is 1. The van der Waals surface area contributed by atoms with Crippen molar-refractivity contribution in [3.8, 4) is 5.69 Å². The molecule has 0 saturated heterocycles. The first-order valence-corrected chi connectivity index (χ1v) is 5.01. The topological polar surface area (TPSA) is 38.0 Å². The summed E-state index contributed by atoms with van der Waals surface area (Å²) in [5.41, 5.74) is 2.47. The smallest absolute Gasteiger partial charge is 0.0819 e. The molecule has 2 rings (SSSR count). The molecule has 2 aromatic rings. The molecule has 0 amide bonds. The van der Waals surface area contributed by atoms with Crippen LogP contribution in [0.1, 0.15) is 11.3 Å². The van der Waals surface area contributed by atoms with Crippen molar-refractivity contribution in [3.05, 3.63) is 46.7 Å². The van der Waals surface area contributed by atoms with Crippen LogP contribution in [0.25, 0.3) is 5.69 Å². The number of para-hydroxylation sites is 1. The molecule has 0 fully saturated rings. The zero-order chi connectivity index (χ0) is 10.8. The highest BCUT2D eigenvalue weighted by Gasteiger charge is 2.06. The average Bonchev–Trinajstić information content (AvgIpc) is 2.59. The second-order valence-electron chi connectivity index (χ2n) is 3.29. The largest absolute Gasteiger partial charge is 0.392 e. The quantitative estimate of drug-likeness (QED) is 0.847. The fraction of sp³-hybridized carbons (Fsp3) is 0.182. The fourth-order valence-electron chi connectivity index (χ4n) is 1.43. The lowest BCUT2D eigenvalue weighted by atomic mass is 10.2. The van der Waals surface area contributed by atoms with Crippen LogP contribution in [0.3, 0.4) is 0 Å². The zero-order valence-corrected chi connectivity index (χ0v) is 9.07. The van der Waals surface area contributed by atoms with Crippen LogP contribution in [-0.4, -0.2) is 14.9 Å². The van der Waals surface area contributed by atoms with Gasteiger partial charge in [0.2, 0.25) is 0 Å². The van der Waals surface area contributed by atoms with E-state index in [9.17, 15) is 5.11 Å². The third-order valence-electron chi connectivity index (χ3n) is 2.25. The van der Waals surface area contributed by atoms with Gasteiger partial charge in [0, 0.05) is 11.8 Å². The van der Waals surface area contributed by atoms with Crippen molar-refractivity contribution >= 4 is 11.6 Å². The summed E-state index contributed by atoms with van der Waals surface area (Å²) in [6.07, 6.45) is 1.74. The summed E-state index contributed by atoms with van der Waals surface area (Å²) in [6.45, 7) is 1.84. The van der Waals surface area contributed by atoms with Crippen molar-refractivity contribution in [1.82, 2.24) is 9.78 Å². The van der Waals surface area contributed by atoms with Crippen LogP contribution in [0.2, 0.25) is 5.02 Å². The van der Waals surface area contributed by atoms with Crippen LogP contribution in [-0.2, 0) is 6.61 Å². The second kappa shape index (κ2) is 4.04. The maximum Gasteiger partial charge on any atom is 0.0819 e. The highest BCUT2D eigenvalue weighted by Crippen LogP contribution is 2.18. The maximum atomic E-state index is 9.18. The number of aliphatic hydroxyl groups excluding tert-OH is 1. The summed E-state index contributed by atoms with van der Waals surface area (Å²) in [7, 11) is 0. The van der Waals surface area contributed by atoms with E-state index in [1.54, 1.807) is 10.9 Å². The van der Waals surface area contributed by atoms with Crippen molar-refractivity contribution in [3.63, 3.8) is 0 Å². The van der Waals surface area contributed by atoms with E-state index >= 15 is 0 Å². The number of halogens is 1. The Morgan fingerprint density at radius 3 is 2.73 bits per heavy atom. The van der Waals surface area contributed by atoms with Gasteiger partial charge in [-0.1, -0.05) is 29.8 Å². The highest BCUT2D eigenvalue weighted by molar-refractivity contribution is 6.31. The molecule has 3 nitrogen and oxygen atoms in total. The van der Waals surface area contributed by atoms with Crippen LogP contribution >= 0.6 is 11.6 Å². The third kappa shape index (κ3) is 1.89. The van der Waals surface area contributed by atoms with Crippen molar-refractivity contribution in [1.29, 1.82) is 0 Å².